The summed E-state index contributed by atoms with van der Waals surface area (Å²) in [7, 11) is 0. The summed E-state index contributed by atoms with van der Waals surface area (Å²) in [6.45, 7) is 21.4. The summed E-state index contributed by atoms with van der Waals surface area (Å²) in [5, 5.41) is 0. The summed E-state index contributed by atoms with van der Waals surface area (Å²) < 4.78 is 0. The van der Waals surface area contributed by atoms with Gasteiger partial charge in [0.25, 0.3) is 0 Å². The van der Waals surface area contributed by atoms with Crippen LogP contribution in [0.2, 0.25) is 0 Å². The van der Waals surface area contributed by atoms with Crippen LogP contribution in [0, 0.1) is 5.41 Å². The first-order chi connectivity index (χ1) is 7.04. The molecule has 0 aromatic carbocycles. The van der Waals surface area contributed by atoms with Crippen LogP contribution in [0.3, 0.4) is 0 Å². The van der Waals surface area contributed by atoms with Gasteiger partial charge in [-0.15, -0.1) is 0 Å². The molecule has 0 N–H and O–H groups in total. The van der Waals surface area contributed by atoms with Gasteiger partial charge >= 0.3 is 0 Å². The van der Waals surface area contributed by atoms with Gasteiger partial charge in [-0.3, -0.25) is 0 Å². The molecule has 98 valence electrons. The lowest BCUT2D eigenvalue weighted by Crippen LogP contribution is -2.07. The lowest BCUT2D eigenvalue weighted by molar-refractivity contribution is 0.319. The summed E-state index contributed by atoms with van der Waals surface area (Å²) >= 11 is 0. The molecular weight excluding hydrogens is 180 g/mol. The molecule has 0 unspecified atom stereocenters. The summed E-state index contributed by atoms with van der Waals surface area (Å²) in [4.78, 5) is 0. The highest BCUT2D eigenvalue weighted by Crippen LogP contribution is 2.25. The summed E-state index contributed by atoms with van der Waals surface area (Å²) in [6, 6.07) is 0. The SMILES string of the molecule is CC.CC.CCC.CCCC(C)(C)CC. The average Bonchev–Trinajstić information content (AvgIpc) is 2.25. The number of rotatable bonds is 3. The third-order valence-electron chi connectivity index (χ3n) is 1.88. The van der Waals surface area contributed by atoms with Gasteiger partial charge in [0.05, 0.1) is 0 Å². The highest BCUT2D eigenvalue weighted by Gasteiger charge is 2.11. The lowest BCUT2D eigenvalue weighted by Gasteiger charge is -2.20. The van der Waals surface area contributed by atoms with Crippen LogP contribution in [0.1, 0.15) is 94.9 Å². The van der Waals surface area contributed by atoms with E-state index < -0.39 is 0 Å². The summed E-state index contributed by atoms with van der Waals surface area (Å²) in [6.07, 6.45) is 5.24. The van der Waals surface area contributed by atoms with Crippen molar-refractivity contribution in [3.05, 3.63) is 0 Å². The van der Waals surface area contributed by atoms with Gasteiger partial charge in [-0.25, -0.2) is 0 Å². The van der Waals surface area contributed by atoms with Crippen LogP contribution in [0.15, 0.2) is 0 Å². The minimum atomic E-state index is 0.592. The van der Waals surface area contributed by atoms with E-state index >= 15 is 0 Å². The van der Waals surface area contributed by atoms with Crippen LogP contribution in [-0.4, -0.2) is 0 Å². The first-order valence-corrected chi connectivity index (χ1v) is 7.04. The fourth-order valence-corrected chi connectivity index (χ4v) is 0.854. The van der Waals surface area contributed by atoms with Crippen molar-refractivity contribution in [2.24, 2.45) is 5.41 Å². The fraction of sp³-hybridized carbons (Fsp3) is 1.00. The maximum Gasteiger partial charge on any atom is -0.0357 e. The standard InChI is InChI=1S/C8H18.C3H8.2C2H6/c1-5-7-8(3,4)6-2;1-3-2;2*1-2/h5-7H2,1-4H3;3H2,1-2H3;2*1-2H3. The van der Waals surface area contributed by atoms with E-state index in [0.29, 0.717) is 5.41 Å². The van der Waals surface area contributed by atoms with Crippen molar-refractivity contribution >= 4 is 0 Å². The number of hydrogen-bond donors (Lipinski definition) is 0. The normalized spacial score (nSPS) is 8.40. The quantitative estimate of drug-likeness (QED) is 0.495. The molecule has 0 heteroatoms. The Labute approximate surface area is 101 Å². The van der Waals surface area contributed by atoms with Crippen LogP contribution < -0.4 is 0 Å². The predicted octanol–water partition coefficient (Wildman–Crippen LogP) is 6.69. The Balaban J connectivity index is -0.0000000726. The summed E-state index contributed by atoms with van der Waals surface area (Å²) in [5.74, 6) is 0. The van der Waals surface area contributed by atoms with Gasteiger partial charge in [-0.1, -0.05) is 88.5 Å². The zero-order chi connectivity index (χ0) is 13.3. The molecule has 0 bridgehead atoms. The van der Waals surface area contributed by atoms with Crippen molar-refractivity contribution in [1.82, 2.24) is 0 Å². The van der Waals surface area contributed by atoms with Gasteiger partial charge in [0.1, 0.15) is 0 Å². The smallest absolute Gasteiger partial charge is 0.0357 e. The van der Waals surface area contributed by atoms with Crippen LogP contribution in [-0.2, 0) is 0 Å². The predicted molar refractivity (Wildman–Crippen MR) is 77.6 cm³/mol. The number of hydrogen-bond acceptors (Lipinski definition) is 0. The van der Waals surface area contributed by atoms with E-state index in [2.05, 4.69) is 41.5 Å². The minimum Gasteiger partial charge on any atom is -0.0683 e. The Morgan fingerprint density at radius 3 is 1.07 bits per heavy atom. The average molecular weight is 218 g/mol. The fourth-order valence-electron chi connectivity index (χ4n) is 0.854. The van der Waals surface area contributed by atoms with Gasteiger partial charge < -0.3 is 0 Å². The molecule has 0 fully saturated rings. The Hall–Kier alpha value is 0. The Kier molecular flexibility index (Phi) is 38.3. The molecule has 0 amide bonds. The second-order valence-corrected chi connectivity index (χ2v) is 3.97. The van der Waals surface area contributed by atoms with E-state index in [1.54, 1.807) is 0 Å². The second-order valence-electron chi connectivity index (χ2n) is 3.97. The molecule has 15 heavy (non-hydrogen) atoms. The molecule has 0 atom stereocenters. The van der Waals surface area contributed by atoms with Crippen molar-refractivity contribution in [1.29, 1.82) is 0 Å². The zero-order valence-electron chi connectivity index (χ0n) is 13.3. The van der Waals surface area contributed by atoms with E-state index in [0.717, 1.165) is 0 Å². The molecule has 0 spiro atoms. The van der Waals surface area contributed by atoms with Crippen LogP contribution in [0.5, 0.6) is 0 Å². The Morgan fingerprint density at radius 1 is 0.733 bits per heavy atom. The van der Waals surface area contributed by atoms with Crippen LogP contribution in [0.25, 0.3) is 0 Å². The summed E-state index contributed by atoms with van der Waals surface area (Å²) in [5.41, 5.74) is 0.592. The van der Waals surface area contributed by atoms with Crippen LogP contribution >= 0.6 is 0 Å². The Bertz CT molecular complexity index is 62.4. The van der Waals surface area contributed by atoms with Crippen molar-refractivity contribution in [3.8, 4) is 0 Å². The molecule has 0 saturated carbocycles. The van der Waals surface area contributed by atoms with Gasteiger partial charge in [0, 0.05) is 0 Å². The lowest BCUT2D eigenvalue weighted by atomic mass is 9.86. The van der Waals surface area contributed by atoms with Crippen molar-refractivity contribution in [2.45, 2.75) is 94.9 Å². The molecule has 0 aromatic rings. The molecule has 0 rings (SSSR count). The van der Waals surface area contributed by atoms with E-state index in [-0.39, 0.29) is 0 Å². The van der Waals surface area contributed by atoms with Crippen molar-refractivity contribution in [3.63, 3.8) is 0 Å². The van der Waals surface area contributed by atoms with Crippen LogP contribution in [0.4, 0.5) is 0 Å². The van der Waals surface area contributed by atoms with Gasteiger partial charge in [-0.05, 0) is 11.8 Å². The second kappa shape index (κ2) is 23.7. The van der Waals surface area contributed by atoms with Gasteiger partial charge in [0.2, 0.25) is 0 Å². The van der Waals surface area contributed by atoms with E-state index in [1.807, 2.05) is 27.7 Å². The maximum atomic E-state index is 2.33. The molecule has 0 aliphatic carbocycles. The highest BCUT2D eigenvalue weighted by molar-refractivity contribution is 4.63. The van der Waals surface area contributed by atoms with Gasteiger partial charge in [0.15, 0.2) is 0 Å². The van der Waals surface area contributed by atoms with Crippen molar-refractivity contribution in [2.75, 3.05) is 0 Å². The molecular formula is C15H38. The molecule has 0 saturated heterocycles. The molecule has 0 aliphatic heterocycles. The topological polar surface area (TPSA) is 0 Å². The molecule has 0 aliphatic rings. The zero-order valence-corrected chi connectivity index (χ0v) is 13.3. The van der Waals surface area contributed by atoms with Gasteiger partial charge in [-0.2, -0.15) is 0 Å². The molecule has 0 nitrogen and oxygen atoms in total. The highest BCUT2D eigenvalue weighted by atomic mass is 14.2. The van der Waals surface area contributed by atoms with E-state index in [9.17, 15) is 0 Å². The molecule has 0 heterocycles. The molecule has 0 radical (unpaired) electrons. The van der Waals surface area contributed by atoms with E-state index in [1.165, 1.54) is 25.7 Å². The molecule has 0 aromatic heterocycles. The van der Waals surface area contributed by atoms with Crippen molar-refractivity contribution < 1.29 is 0 Å². The van der Waals surface area contributed by atoms with E-state index in [4.69, 9.17) is 0 Å². The Morgan fingerprint density at radius 2 is 1.00 bits per heavy atom. The third kappa shape index (κ3) is 41.1. The first-order valence-electron chi connectivity index (χ1n) is 7.04. The largest absolute Gasteiger partial charge is 0.0683 e. The third-order valence-corrected chi connectivity index (χ3v) is 1.88. The first kappa shape index (κ1) is 24.3. The monoisotopic (exact) mass is 218 g/mol. The minimum absolute atomic E-state index is 0.592. The maximum absolute atomic E-state index is 2.33.